The fourth-order valence-electron chi connectivity index (χ4n) is 2.17. The molecule has 0 bridgehead atoms. The van der Waals surface area contributed by atoms with E-state index in [0.717, 1.165) is 6.54 Å². The zero-order chi connectivity index (χ0) is 12.3. The Morgan fingerprint density at radius 2 is 2.12 bits per heavy atom. The summed E-state index contributed by atoms with van der Waals surface area (Å²) < 4.78 is 1.89. The van der Waals surface area contributed by atoms with Crippen LogP contribution in [0.15, 0.2) is 20.3 Å². The average Bonchev–Trinajstić information content (AvgIpc) is 2.78. The molecule has 0 spiro atoms. The predicted octanol–water partition coefficient (Wildman–Crippen LogP) is 0.831. The largest absolute Gasteiger partial charge is 0.328 e. The van der Waals surface area contributed by atoms with Crippen LogP contribution < -0.4 is 16.6 Å². The van der Waals surface area contributed by atoms with Crippen LogP contribution >= 0.6 is 15.9 Å². The minimum atomic E-state index is -0.380. The van der Waals surface area contributed by atoms with Gasteiger partial charge in [0.15, 0.2) is 0 Å². The highest BCUT2D eigenvalue weighted by Crippen LogP contribution is 2.17. The quantitative estimate of drug-likeness (QED) is 0.866. The molecule has 0 aliphatic heterocycles. The summed E-state index contributed by atoms with van der Waals surface area (Å²) in [5, 5.41) is 3.42. The van der Waals surface area contributed by atoms with Crippen molar-refractivity contribution in [3.63, 3.8) is 0 Å². The van der Waals surface area contributed by atoms with E-state index in [1.807, 2.05) is 0 Å². The lowest BCUT2D eigenvalue weighted by Crippen LogP contribution is -2.35. The number of aromatic amines is 1. The summed E-state index contributed by atoms with van der Waals surface area (Å²) in [5.41, 5.74) is -0.735. The van der Waals surface area contributed by atoms with Crippen LogP contribution in [-0.4, -0.2) is 22.1 Å². The highest BCUT2D eigenvalue weighted by atomic mass is 79.9. The molecule has 0 radical (unpaired) electrons. The third-order valence-corrected chi connectivity index (χ3v) is 3.67. The van der Waals surface area contributed by atoms with Crippen LogP contribution in [0.2, 0.25) is 0 Å². The molecule has 1 aromatic heterocycles. The molecule has 6 heteroatoms. The topological polar surface area (TPSA) is 66.9 Å². The SMILES string of the molecule is O=c1[nH]c(=O)n(CCNC2CCCC2)cc1Br. The van der Waals surface area contributed by atoms with Crippen LogP contribution in [0.5, 0.6) is 0 Å². The molecule has 1 fully saturated rings. The second-order valence-corrected chi connectivity index (χ2v) is 5.22. The first-order chi connectivity index (χ1) is 8.16. The van der Waals surface area contributed by atoms with Crippen LogP contribution in [0.1, 0.15) is 25.7 Å². The molecule has 1 saturated carbocycles. The smallest absolute Gasteiger partial charge is 0.312 e. The Hall–Kier alpha value is -0.880. The van der Waals surface area contributed by atoms with Gasteiger partial charge in [0.25, 0.3) is 5.56 Å². The Labute approximate surface area is 107 Å². The Kier molecular flexibility index (Phi) is 4.17. The lowest BCUT2D eigenvalue weighted by molar-refractivity contribution is 0.488. The van der Waals surface area contributed by atoms with Gasteiger partial charge in [-0.15, -0.1) is 0 Å². The van der Waals surface area contributed by atoms with Gasteiger partial charge < -0.3 is 5.32 Å². The van der Waals surface area contributed by atoms with Crippen molar-refractivity contribution in [3.05, 3.63) is 31.5 Å². The van der Waals surface area contributed by atoms with Crippen molar-refractivity contribution >= 4 is 15.9 Å². The van der Waals surface area contributed by atoms with Gasteiger partial charge >= 0.3 is 5.69 Å². The van der Waals surface area contributed by atoms with Crippen molar-refractivity contribution in [2.75, 3.05) is 6.54 Å². The number of rotatable bonds is 4. The molecule has 0 amide bonds. The molecule has 2 rings (SSSR count). The van der Waals surface area contributed by atoms with Gasteiger partial charge in [0.05, 0.1) is 4.47 Å². The van der Waals surface area contributed by atoms with Crippen molar-refractivity contribution in [2.24, 2.45) is 0 Å². The number of H-pyrrole nitrogens is 1. The minimum Gasteiger partial charge on any atom is -0.312 e. The van der Waals surface area contributed by atoms with E-state index in [1.165, 1.54) is 36.4 Å². The lowest BCUT2D eigenvalue weighted by atomic mass is 10.2. The summed E-state index contributed by atoms with van der Waals surface area (Å²) in [6.07, 6.45) is 6.58. The van der Waals surface area contributed by atoms with Crippen molar-refractivity contribution in [1.82, 2.24) is 14.9 Å². The van der Waals surface area contributed by atoms with Gasteiger partial charge in [-0.2, -0.15) is 0 Å². The molecule has 1 aliphatic carbocycles. The Morgan fingerprint density at radius 1 is 1.41 bits per heavy atom. The van der Waals surface area contributed by atoms with Gasteiger partial charge in [0, 0.05) is 25.3 Å². The number of nitrogens with one attached hydrogen (secondary N) is 2. The van der Waals surface area contributed by atoms with E-state index in [9.17, 15) is 9.59 Å². The van der Waals surface area contributed by atoms with Gasteiger partial charge in [-0.1, -0.05) is 12.8 Å². The van der Waals surface area contributed by atoms with Crippen molar-refractivity contribution < 1.29 is 0 Å². The van der Waals surface area contributed by atoms with Gasteiger partial charge in [-0.3, -0.25) is 14.3 Å². The highest BCUT2D eigenvalue weighted by Gasteiger charge is 2.13. The summed E-state index contributed by atoms with van der Waals surface area (Å²) in [6.45, 7) is 1.33. The van der Waals surface area contributed by atoms with E-state index in [0.29, 0.717) is 17.1 Å². The molecule has 0 unspecified atom stereocenters. The van der Waals surface area contributed by atoms with Crippen LogP contribution in [0.3, 0.4) is 0 Å². The maximum atomic E-state index is 11.5. The van der Waals surface area contributed by atoms with E-state index in [1.54, 1.807) is 0 Å². The molecule has 1 aromatic rings. The molecule has 2 N–H and O–H groups in total. The average molecular weight is 302 g/mol. The van der Waals surface area contributed by atoms with E-state index in [-0.39, 0.29) is 11.2 Å². The number of nitrogens with zero attached hydrogens (tertiary/aromatic N) is 1. The third kappa shape index (κ3) is 3.29. The molecular formula is C11H16BrN3O2. The summed E-state index contributed by atoms with van der Waals surface area (Å²) >= 11 is 3.11. The second kappa shape index (κ2) is 5.64. The fourth-order valence-corrected chi connectivity index (χ4v) is 2.51. The Bertz CT molecular complexity index is 488. The van der Waals surface area contributed by atoms with Crippen LogP contribution in [0.25, 0.3) is 0 Å². The molecule has 0 saturated heterocycles. The Balaban J connectivity index is 1.92. The molecule has 17 heavy (non-hydrogen) atoms. The first-order valence-electron chi connectivity index (χ1n) is 5.89. The number of hydrogen-bond acceptors (Lipinski definition) is 3. The molecular weight excluding hydrogens is 286 g/mol. The van der Waals surface area contributed by atoms with Gasteiger partial charge in [0.2, 0.25) is 0 Å². The van der Waals surface area contributed by atoms with Crippen molar-refractivity contribution in [1.29, 1.82) is 0 Å². The van der Waals surface area contributed by atoms with Gasteiger partial charge in [0.1, 0.15) is 0 Å². The normalized spacial score (nSPS) is 16.5. The highest BCUT2D eigenvalue weighted by molar-refractivity contribution is 9.10. The number of hydrogen-bond donors (Lipinski definition) is 2. The number of halogens is 1. The van der Waals surface area contributed by atoms with Gasteiger partial charge in [-0.05, 0) is 28.8 Å². The van der Waals surface area contributed by atoms with Crippen LogP contribution in [0, 0.1) is 0 Å². The number of aromatic nitrogens is 2. The maximum Gasteiger partial charge on any atom is 0.328 e. The summed E-state index contributed by atoms with van der Waals surface area (Å²) in [4.78, 5) is 24.9. The van der Waals surface area contributed by atoms with E-state index < -0.39 is 0 Å². The summed E-state index contributed by atoms with van der Waals surface area (Å²) in [5.74, 6) is 0. The molecule has 0 aromatic carbocycles. The van der Waals surface area contributed by atoms with Crippen molar-refractivity contribution in [3.8, 4) is 0 Å². The van der Waals surface area contributed by atoms with Crippen LogP contribution in [0.4, 0.5) is 0 Å². The molecule has 1 aliphatic rings. The molecule has 0 atom stereocenters. The zero-order valence-corrected chi connectivity index (χ0v) is 11.1. The van der Waals surface area contributed by atoms with Crippen molar-refractivity contribution in [2.45, 2.75) is 38.3 Å². The standard InChI is InChI=1S/C11H16BrN3O2/c12-9-7-15(11(17)14-10(9)16)6-5-13-8-3-1-2-4-8/h7-8,13H,1-6H2,(H,14,16,17). The monoisotopic (exact) mass is 301 g/mol. The van der Waals surface area contributed by atoms with E-state index >= 15 is 0 Å². The first-order valence-corrected chi connectivity index (χ1v) is 6.69. The lowest BCUT2D eigenvalue weighted by Gasteiger charge is -2.12. The van der Waals surface area contributed by atoms with Gasteiger partial charge in [-0.25, -0.2) is 4.79 Å². The third-order valence-electron chi connectivity index (χ3n) is 3.11. The zero-order valence-electron chi connectivity index (χ0n) is 9.54. The summed E-state index contributed by atoms with van der Waals surface area (Å²) in [6, 6.07) is 0.594. The fraction of sp³-hybridized carbons (Fsp3) is 0.636. The molecule has 94 valence electrons. The van der Waals surface area contributed by atoms with E-state index in [4.69, 9.17) is 0 Å². The Morgan fingerprint density at radius 3 is 2.82 bits per heavy atom. The van der Waals surface area contributed by atoms with E-state index in [2.05, 4.69) is 26.2 Å². The predicted molar refractivity (Wildman–Crippen MR) is 69.3 cm³/mol. The first kappa shape index (κ1) is 12.6. The molecule has 1 heterocycles. The second-order valence-electron chi connectivity index (χ2n) is 4.37. The van der Waals surface area contributed by atoms with Crippen LogP contribution in [-0.2, 0) is 6.54 Å². The summed E-state index contributed by atoms with van der Waals surface area (Å²) in [7, 11) is 0. The maximum absolute atomic E-state index is 11.5. The minimum absolute atomic E-state index is 0.355. The molecule has 5 nitrogen and oxygen atoms in total.